The van der Waals surface area contributed by atoms with Crippen LogP contribution in [0.1, 0.15) is 25.0 Å². The van der Waals surface area contributed by atoms with Gasteiger partial charge in [-0.15, -0.1) is 0 Å². The Balaban J connectivity index is 1.55. The van der Waals surface area contributed by atoms with Gasteiger partial charge in [0.1, 0.15) is 0 Å². The van der Waals surface area contributed by atoms with Crippen LogP contribution in [0.5, 0.6) is 0 Å². The Morgan fingerprint density at radius 1 is 1.04 bits per heavy atom. The van der Waals surface area contributed by atoms with E-state index in [1.54, 1.807) is 6.20 Å². The van der Waals surface area contributed by atoms with E-state index in [0.717, 1.165) is 17.7 Å². The summed E-state index contributed by atoms with van der Waals surface area (Å²) in [6, 6.07) is 20.0. The Bertz CT molecular complexity index is 806. The van der Waals surface area contributed by atoms with Gasteiger partial charge in [-0.25, -0.2) is 4.68 Å². The van der Waals surface area contributed by atoms with Gasteiger partial charge in [0.25, 0.3) is 0 Å². The standard InChI is InChI=1S/C21H23N3O/c1-21(2,18-7-4-3-5-8-18)20(25)22-15-13-17-9-11-19(12-10-17)24-16-6-14-23-24/h3-12,14,16H,13,15H2,1-2H3,(H,22,25). The summed E-state index contributed by atoms with van der Waals surface area (Å²) in [5.41, 5.74) is 2.71. The molecular formula is C21H23N3O. The molecule has 0 saturated heterocycles. The van der Waals surface area contributed by atoms with Crippen LogP contribution in [-0.2, 0) is 16.6 Å². The summed E-state index contributed by atoms with van der Waals surface area (Å²) in [5.74, 6) is 0.0480. The molecule has 0 saturated carbocycles. The van der Waals surface area contributed by atoms with Gasteiger partial charge in [-0.1, -0.05) is 42.5 Å². The quantitative estimate of drug-likeness (QED) is 0.750. The minimum atomic E-state index is -0.536. The number of carbonyl (C=O) groups excluding carboxylic acids is 1. The lowest BCUT2D eigenvalue weighted by atomic mass is 9.84. The number of nitrogens with one attached hydrogen (secondary N) is 1. The topological polar surface area (TPSA) is 46.9 Å². The van der Waals surface area contributed by atoms with Gasteiger partial charge in [0.2, 0.25) is 5.91 Å². The van der Waals surface area contributed by atoms with Crippen LogP contribution in [0.25, 0.3) is 5.69 Å². The van der Waals surface area contributed by atoms with Gasteiger partial charge in [-0.05, 0) is 49.6 Å². The highest BCUT2D eigenvalue weighted by Gasteiger charge is 2.28. The zero-order chi connectivity index (χ0) is 17.7. The molecule has 1 heterocycles. The highest BCUT2D eigenvalue weighted by atomic mass is 16.2. The molecule has 4 nitrogen and oxygen atoms in total. The molecule has 2 aromatic carbocycles. The molecule has 0 spiro atoms. The van der Waals surface area contributed by atoms with Crippen LogP contribution >= 0.6 is 0 Å². The second-order valence-corrected chi connectivity index (χ2v) is 6.61. The fourth-order valence-corrected chi connectivity index (χ4v) is 2.76. The lowest BCUT2D eigenvalue weighted by molar-refractivity contribution is -0.125. The first-order valence-corrected chi connectivity index (χ1v) is 8.50. The maximum Gasteiger partial charge on any atom is 0.230 e. The molecule has 0 radical (unpaired) electrons. The van der Waals surface area contributed by atoms with Crippen molar-refractivity contribution in [3.8, 4) is 5.69 Å². The average Bonchev–Trinajstić information content (AvgIpc) is 3.17. The van der Waals surface area contributed by atoms with E-state index in [0.29, 0.717) is 6.54 Å². The molecule has 1 amide bonds. The molecule has 0 fully saturated rings. The fourth-order valence-electron chi connectivity index (χ4n) is 2.76. The summed E-state index contributed by atoms with van der Waals surface area (Å²) in [6.07, 6.45) is 4.48. The van der Waals surface area contributed by atoms with Gasteiger partial charge in [0, 0.05) is 18.9 Å². The van der Waals surface area contributed by atoms with Crippen LogP contribution in [-0.4, -0.2) is 22.2 Å². The predicted octanol–water partition coefficient (Wildman–Crippen LogP) is 3.51. The van der Waals surface area contributed by atoms with E-state index >= 15 is 0 Å². The number of benzene rings is 2. The Labute approximate surface area is 148 Å². The SMILES string of the molecule is CC(C)(C(=O)NCCc1ccc(-n2cccn2)cc1)c1ccccc1. The summed E-state index contributed by atoms with van der Waals surface area (Å²) in [6.45, 7) is 4.53. The minimum absolute atomic E-state index is 0.0480. The van der Waals surface area contributed by atoms with Gasteiger partial charge in [-0.2, -0.15) is 5.10 Å². The van der Waals surface area contributed by atoms with Crippen molar-refractivity contribution in [3.63, 3.8) is 0 Å². The number of carbonyl (C=O) groups is 1. The van der Waals surface area contributed by atoms with Crippen LogP contribution in [0, 0.1) is 0 Å². The second kappa shape index (κ2) is 7.34. The summed E-state index contributed by atoms with van der Waals surface area (Å²) in [7, 11) is 0. The molecule has 1 aromatic heterocycles. The molecule has 128 valence electrons. The van der Waals surface area contributed by atoms with E-state index in [1.807, 2.05) is 73.3 Å². The van der Waals surface area contributed by atoms with Gasteiger partial charge in [0.15, 0.2) is 0 Å². The molecule has 0 aliphatic rings. The molecule has 0 unspecified atom stereocenters. The molecule has 0 aliphatic carbocycles. The lowest BCUT2D eigenvalue weighted by Crippen LogP contribution is -2.40. The minimum Gasteiger partial charge on any atom is -0.355 e. The summed E-state index contributed by atoms with van der Waals surface area (Å²) in [4.78, 5) is 12.5. The van der Waals surface area contributed by atoms with Crippen LogP contribution in [0.4, 0.5) is 0 Å². The van der Waals surface area contributed by atoms with Gasteiger partial charge >= 0.3 is 0 Å². The summed E-state index contributed by atoms with van der Waals surface area (Å²) < 4.78 is 1.83. The van der Waals surface area contributed by atoms with Gasteiger partial charge in [-0.3, -0.25) is 4.79 Å². The number of amides is 1. The Hall–Kier alpha value is -2.88. The van der Waals surface area contributed by atoms with Crippen LogP contribution in [0.2, 0.25) is 0 Å². The van der Waals surface area contributed by atoms with Crippen molar-refractivity contribution in [2.45, 2.75) is 25.7 Å². The second-order valence-electron chi connectivity index (χ2n) is 6.61. The number of nitrogens with zero attached hydrogens (tertiary/aromatic N) is 2. The van der Waals surface area contributed by atoms with Crippen LogP contribution in [0.3, 0.4) is 0 Å². The predicted molar refractivity (Wildman–Crippen MR) is 99.7 cm³/mol. The molecule has 4 heteroatoms. The van der Waals surface area contributed by atoms with E-state index in [2.05, 4.69) is 22.5 Å². The van der Waals surface area contributed by atoms with Crippen LogP contribution < -0.4 is 5.32 Å². The average molecular weight is 333 g/mol. The molecule has 0 atom stereocenters. The first-order valence-electron chi connectivity index (χ1n) is 8.50. The Morgan fingerprint density at radius 3 is 2.40 bits per heavy atom. The summed E-state index contributed by atoms with van der Waals surface area (Å²) in [5, 5.41) is 7.27. The molecular weight excluding hydrogens is 310 g/mol. The van der Waals surface area contributed by atoms with Crippen molar-refractivity contribution in [3.05, 3.63) is 84.2 Å². The largest absolute Gasteiger partial charge is 0.355 e. The number of hydrogen-bond donors (Lipinski definition) is 1. The van der Waals surface area contributed by atoms with E-state index in [9.17, 15) is 4.79 Å². The van der Waals surface area contributed by atoms with E-state index in [-0.39, 0.29) is 5.91 Å². The Morgan fingerprint density at radius 2 is 1.76 bits per heavy atom. The summed E-state index contributed by atoms with van der Waals surface area (Å²) >= 11 is 0. The van der Waals surface area contributed by atoms with Gasteiger partial charge < -0.3 is 5.32 Å². The van der Waals surface area contributed by atoms with Crippen molar-refractivity contribution in [1.82, 2.24) is 15.1 Å². The molecule has 0 bridgehead atoms. The molecule has 0 aliphatic heterocycles. The number of aromatic nitrogens is 2. The molecule has 1 N–H and O–H groups in total. The van der Waals surface area contributed by atoms with E-state index in [4.69, 9.17) is 0 Å². The number of hydrogen-bond acceptors (Lipinski definition) is 2. The van der Waals surface area contributed by atoms with Gasteiger partial charge in [0.05, 0.1) is 11.1 Å². The molecule has 3 rings (SSSR count). The van der Waals surface area contributed by atoms with Crippen molar-refractivity contribution in [1.29, 1.82) is 0 Å². The maximum atomic E-state index is 12.5. The number of rotatable bonds is 6. The first-order chi connectivity index (χ1) is 12.1. The maximum absolute atomic E-state index is 12.5. The molecule has 3 aromatic rings. The fraction of sp³-hybridized carbons (Fsp3) is 0.238. The Kier molecular flexibility index (Phi) is 4.98. The van der Waals surface area contributed by atoms with Crippen molar-refractivity contribution < 1.29 is 4.79 Å². The van der Waals surface area contributed by atoms with Crippen molar-refractivity contribution in [2.24, 2.45) is 0 Å². The van der Waals surface area contributed by atoms with Crippen LogP contribution in [0.15, 0.2) is 73.1 Å². The smallest absolute Gasteiger partial charge is 0.230 e. The third kappa shape index (κ3) is 3.97. The highest BCUT2D eigenvalue weighted by molar-refractivity contribution is 5.87. The van der Waals surface area contributed by atoms with Crippen molar-refractivity contribution in [2.75, 3.05) is 6.54 Å². The van der Waals surface area contributed by atoms with E-state index < -0.39 is 5.41 Å². The molecule has 25 heavy (non-hydrogen) atoms. The monoisotopic (exact) mass is 333 g/mol. The van der Waals surface area contributed by atoms with Crippen molar-refractivity contribution >= 4 is 5.91 Å². The highest BCUT2D eigenvalue weighted by Crippen LogP contribution is 2.22. The van der Waals surface area contributed by atoms with E-state index in [1.165, 1.54) is 5.56 Å². The third-order valence-corrected chi connectivity index (χ3v) is 4.47. The first kappa shape index (κ1) is 17.0. The third-order valence-electron chi connectivity index (χ3n) is 4.47. The zero-order valence-corrected chi connectivity index (χ0v) is 14.6. The lowest BCUT2D eigenvalue weighted by Gasteiger charge is -2.24. The normalized spacial score (nSPS) is 11.3. The zero-order valence-electron chi connectivity index (χ0n) is 14.6.